The zero-order valence-electron chi connectivity index (χ0n) is 12.8. The summed E-state index contributed by atoms with van der Waals surface area (Å²) < 4.78 is 0. The van der Waals surface area contributed by atoms with Crippen LogP contribution in [0.15, 0.2) is 24.3 Å². The molecule has 0 saturated carbocycles. The Kier molecular flexibility index (Phi) is 5.07. The number of nitrogens with two attached hydrogens (primary N) is 1. The highest BCUT2D eigenvalue weighted by Crippen LogP contribution is 2.20. The number of nitrogens with zero attached hydrogens (tertiary/aromatic N) is 2. The van der Waals surface area contributed by atoms with E-state index < -0.39 is 6.04 Å². The second-order valence-corrected chi connectivity index (χ2v) is 5.74. The van der Waals surface area contributed by atoms with Crippen LogP contribution >= 0.6 is 0 Å². The highest BCUT2D eigenvalue weighted by Gasteiger charge is 2.27. The molecule has 0 aliphatic carbocycles. The molecule has 5 heteroatoms. The topological polar surface area (TPSA) is 69.8 Å². The van der Waals surface area contributed by atoms with Crippen LogP contribution in [0.1, 0.15) is 20.3 Å². The van der Waals surface area contributed by atoms with Crippen LogP contribution in [0.4, 0.5) is 5.69 Å². The zero-order valence-corrected chi connectivity index (χ0v) is 12.8. The molecule has 0 spiro atoms. The summed E-state index contributed by atoms with van der Waals surface area (Å²) in [5.74, 6) is 0.550. The van der Waals surface area contributed by atoms with E-state index in [0.29, 0.717) is 13.1 Å². The van der Waals surface area contributed by atoms with E-state index >= 15 is 0 Å². The summed E-state index contributed by atoms with van der Waals surface area (Å²) in [6.45, 7) is 7.07. The Bertz CT molecular complexity index is 467. The highest BCUT2D eigenvalue weighted by atomic mass is 16.3. The molecule has 1 aromatic rings. The summed E-state index contributed by atoms with van der Waals surface area (Å²) in [4.78, 5) is 16.4. The largest absolute Gasteiger partial charge is 0.508 e. The van der Waals surface area contributed by atoms with Crippen LogP contribution in [0.2, 0.25) is 0 Å². The van der Waals surface area contributed by atoms with Crippen molar-refractivity contribution in [3.05, 3.63) is 24.3 Å². The van der Waals surface area contributed by atoms with E-state index in [0.717, 1.165) is 25.2 Å². The molecule has 2 rings (SSSR count). The quantitative estimate of drug-likeness (QED) is 0.880. The number of benzene rings is 1. The van der Waals surface area contributed by atoms with Gasteiger partial charge in [-0.05, 0) is 30.2 Å². The number of aromatic hydroxyl groups is 1. The van der Waals surface area contributed by atoms with Gasteiger partial charge in [0.2, 0.25) is 5.91 Å². The molecule has 5 nitrogen and oxygen atoms in total. The van der Waals surface area contributed by atoms with Crippen molar-refractivity contribution in [2.24, 2.45) is 11.7 Å². The monoisotopic (exact) mass is 291 g/mol. The Labute approximate surface area is 126 Å². The molecule has 3 N–H and O–H groups in total. The number of carbonyl (C=O) groups is 1. The molecule has 1 saturated heterocycles. The molecule has 1 aromatic carbocycles. The second kappa shape index (κ2) is 6.80. The number of anilines is 1. The molecule has 0 aromatic heterocycles. The first kappa shape index (κ1) is 15.6. The molecule has 2 atom stereocenters. The Morgan fingerprint density at radius 3 is 2.33 bits per heavy atom. The van der Waals surface area contributed by atoms with Crippen LogP contribution in [0.3, 0.4) is 0 Å². The van der Waals surface area contributed by atoms with Crippen LogP contribution < -0.4 is 10.6 Å². The van der Waals surface area contributed by atoms with E-state index in [9.17, 15) is 9.90 Å². The summed E-state index contributed by atoms with van der Waals surface area (Å²) in [5.41, 5.74) is 7.11. The van der Waals surface area contributed by atoms with Crippen molar-refractivity contribution < 1.29 is 9.90 Å². The fraction of sp³-hybridized carbons (Fsp3) is 0.562. The van der Waals surface area contributed by atoms with E-state index in [1.54, 1.807) is 12.1 Å². The zero-order chi connectivity index (χ0) is 15.4. The van der Waals surface area contributed by atoms with Crippen molar-refractivity contribution in [3.63, 3.8) is 0 Å². The van der Waals surface area contributed by atoms with Gasteiger partial charge in [-0.2, -0.15) is 0 Å². The summed E-state index contributed by atoms with van der Waals surface area (Å²) >= 11 is 0. The van der Waals surface area contributed by atoms with E-state index in [2.05, 4.69) is 11.8 Å². The van der Waals surface area contributed by atoms with Crippen LogP contribution in [-0.4, -0.2) is 48.1 Å². The van der Waals surface area contributed by atoms with Crippen LogP contribution in [0, 0.1) is 5.92 Å². The van der Waals surface area contributed by atoms with E-state index in [-0.39, 0.29) is 17.6 Å². The standard InChI is InChI=1S/C16H25N3O2/c1-3-12(2)15(17)16(21)19-10-8-18(9-11-19)13-4-6-14(20)7-5-13/h4-7,12,15,20H,3,8-11,17H2,1-2H3/t12-,15-/m0/s1. The van der Waals surface area contributed by atoms with Gasteiger partial charge in [0.05, 0.1) is 6.04 Å². The predicted octanol–water partition coefficient (Wildman–Crippen LogP) is 1.41. The highest BCUT2D eigenvalue weighted by molar-refractivity contribution is 5.82. The minimum absolute atomic E-state index is 0.0645. The van der Waals surface area contributed by atoms with Crippen LogP contribution in [0.5, 0.6) is 5.75 Å². The summed E-state index contributed by atoms with van der Waals surface area (Å²) in [6.07, 6.45) is 0.917. The van der Waals surface area contributed by atoms with Crippen LogP contribution in [0.25, 0.3) is 0 Å². The van der Waals surface area contributed by atoms with Crippen LogP contribution in [-0.2, 0) is 4.79 Å². The normalized spacial score (nSPS) is 18.4. The van der Waals surface area contributed by atoms with E-state index in [1.807, 2.05) is 24.0 Å². The van der Waals surface area contributed by atoms with Crippen molar-refractivity contribution >= 4 is 11.6 Å². The molecule has 116 valence electrons. The first-order valence-corrected chi connectivity index (χ1v) is 7.61. The maximum absolute atomic E-state index is 12.3. The summed E-state index contributed by atoms with van der Waals surface area (Å²) in [5, 5.41) is 9.32. The first-order valence-electron chi connectivity index (χ1n) is 7.61. The number of phenolic OH excluding ortho intramolecular Hbond substituents is 1. The second-order valence-electron chi connectivity index (χ2n) is 5.74. The third-order valence-corrected chi connectivity index (χ3v) is 4.35. The lowest BCUT2D eigenvalue weighted by molar-refractivity contribution is -0.134. The number of hydrogen-bond acceptors (Lipinski definition) is 4. The molecule has 1 aliphatic rings. The van der Waals surface area contributed by atoms with Gasteiger partial charge >= 0.3 is 0 Å². The van der Waals surface area contributed by atoms with E-state index in [4.69, 9.17) is 5.73 Å². The Morgan fingerprint density at radius 2 is 1.81 bits per heavy atom. The van der Waals surface area contributed by atoms with Gasteiger partial charge in [0, 0.05) is 31.9 Å². The number of amides is 1. The van der Waals surface area contributed by atoms with Crippen molar-refractivity contribution in [2.45, 2.75) is 26.3 Å². The predicted molar refractivity (Wildman–Crippen MR) is 84.3 cm³/mol. The Balaban J connectivity index is 1.91. The fourth-order valence-corrected chi connectivity index (χ4v) is 2.56. The number of rotatable bonds is 4. The van der Waals surface area contributed by atoms with Gasteiger partial charge in [-0.3, -0.25) is 4.79 Å². The molecule has 1 fully saturated rings. The maximum atomic E-state index is 12.3. The molecular formula is C16H25N3O2. The lowest BCUT2D eigenvalue weighted by atomic mass is 9.98. The molecule has 1 aliphatic heterocycles. The molecule has 1 heterocycles. The number of piperazine rings is 1. The first-order chi connectivity index (χ1) is 10.0. The van der Waals surface area contributed by atoms with Gasteiger partial charge < -0.3 is 20.6 Å². The van der Waals surface area contributed by atoms with Gasteiger partial charge in [-0.1, -0.05) is 20.3 Å². The minimum Gasteiger partial charge on any atom is -0.508 e. The summed E-state index contributed by atoms with van der Waals surface area (Å²) in [6, 6.07) is 6.78. The van der Waals surface area contributed by atoms with Gasteiger partial charge in [-0.15, -0.1) is 0 Å². The Morgan fingerprint density at radius 1 is 1.24 bits per heavy atom. The van der Waals surface area contributed by atoms with Gasteiger partial charge in [0.15, 0.2) is 0 Å². The molecule has 0 radical (unpaired) electrons. The smallest absolute Gasteiger partial charge is 0.239 e. The minimum atomic E-state index is -0.393. The molecule has 0 unspecified atom stereocenters. The third kappa shape index (κ3) is 3.67. The molecular weight excluding hydrogens is 266 g/mol. The SMILES string of the molecule is CC[C@H](C)[C@H](N)C(=O)N1CCN(c2ccc(O)cc2)CC1. The van der Waals surface area contributed by atoms with Gasteiger partial charge in [0.25, 0.3) is 0 Å². The molecule has 0 bridgehead atoms. The average molecular weight is 291 g/mol. The number of carbonyl (C=O) groups excluding carboxylic acids is 1. The maximum Gasteiger partial charge on any atom is 0.239 e. The van der Waals surface area contributed by atoms with Crippen molar-refractivity contribution in [1.29, 1.82) is 0 Å². The fourth-order valence-electron chi connectivity index (χ4n) is 2.56. The van der Waals surface area contributed by atoms with Crippen molar-refractivity contribution in [1.82, 2.24) is 4.90 Å². The lowest BCUT2D eigenvalue weighted by Gasteiger charge is -2.37. The molecule has 21 heavy (non-hydrogen) atoms. The number of phenols is 1. The van der Waals surface area contributed by atoms with Crippen molar-refractivity contribution in [3.8, 4) is 5.75 Å². The lowest BCUT2D eigenvalue weighted by Crippen LogP contribution is -2.54. The van der Waals surface area contributed by atoms with Crippen molar-refractivity contribution in [2.75, 3.05) is 31.1 Å². The summed E-state index contributed by atoms with van der Waals surface area (Å²) in [7, 11) is 0. The molecule has 1 amide bonds. The van der Waals surface area contributed by atoms with Gasteiger partial charge in [-0.25, -0.2) is 0 Å². The number of hydrogen-bond donors (Lipinski definition) is 2. The van der Waals surface area contributed by atoms with E-state index in [1.165, 1.54) is 0 Å². The average Bonchev–Trinajstić information content (AvgIpc) is 2.53. The third-order valence-electron chi connectivity index (χ3n) is 4.35. The Hall–Kier alpha value is -1.75. The van der Waals surface area contributed by atoms with Gasteiger partial charge in [0.1, 0.15) is 5.75 Å².